The third-order valence-corrected chi connectivity index (χ3v) is 2.49. The number of rotatable bonds is 6. The van der Waals surface area contributed by atoms with E-state index in [1.54, 1.807) is 6.07 Å². The molecule has 0 saturated carbocycles. The van der Waals surface area contributed by atoms with Crippen LogP contribution in [0, 0.1) is 5.92 Å². The molecule has 0 aliphatic heterocycles. The van der Waals surface area contributed by atoms with Gasteiger partial charge in [-0.1, -0.05) is 25.1 Å². The number of benzene rings is 1. The van der Waals surface area contributed by atoms with Gasteiger partial charge in [-0.15, -0.1) is 0 Å². The highest BCUT2D eigenvalue weighted by Crippen LogP contribution is 2.32. The molecule has 2 N–H and O–H groups in total. The van der Waals surface area contributed by atoms with Gasteiger partial charge in [0.1, 0.15) is 5.75 Å². The molecule has 0 fully saturated rings. The first-order chi connectivity index (χ1) is 8.41. The minimum Gasteiger partial charge on any atom is -0.481 e. The van der Waals surface area contributed by atoms with E-state index in [9.17, 15) is 18.7 Å². The van der Waals surface area contributed by atoms with Crippen LogP contribution >= 0.6 is 0 Å². The lowest BCUT2D eigenvalue weighted by molar-refractivity contribution is -0.139. The molecular formula is C12H14F2O4. The summed E-state index contributed by atoms with van der Waals surface area (Å²) in [5.41, 5.74) is 0.159. The van der Waals surface area contributed by atoms with Gasteiger partial charge in [-0.2, -0.15) is 8.78 Å². The van der Waals surface area contributed by atoms with Crippen molar-refractivity contribution >= 4 is 5.97 Å². The molecule has 0 heterocycles. The average molecular weight is 260 g/mol. The largest absolute Gasteiger partial charge is 0.481 e. The molecular weight excluding hydrogens is 246 g/mol. The Morgan fingerprint density at radius 3 is 2.56 bits per heavy atom. The molecule has 0 spiro atoms. The quantitative estimate of drug-likeness (QED) is 0.824. The Balaban J connectivity index is 2.90. The van der Waals surface area contributed by atoms with Crippen LogP contribution in [-0.2, 0) is 4.79 Å². The van der Waals surface area contributed by atoms with Gasteiger partial charge in [-0.05, 0) is 12.0 Å². The van der Waals surface area contributed by atoms with Gasteiger partial charge in [-0.3, -0.25) is 4.79 Å². The number of hydrogen-bond acceptors (Lipinski definition) is 3. The highest BCUT2D eigenvalue weighted by molar-refractivity contribution is 5.67. The van der Waals surface area contributed by atoms with Crippen molar-refractivity contribution in [1.29, 1.82) is 0 Å². The minimum absolute atomic E-state index is 0.141. The number of aliphatic hydroxyl groups is 1. The molecule has 4 nitrogen and oxygen atoms in total. The van der Waals surface area contributed by atoms with E-state index in [1.807, 2.05) is 0 Å². The van der Waals surface area contributed by atoms with Crippen LogP contribution in [0.15, 0.2) is 24.3 Å². The number of carbonyl (C=O) groups is 1. The van der Waals surface area contributed by atoms with Gasteiger partial charge >= 0.3 is 12.6 Å². The van der Waals surface area contributed by atoms with Crippen molar-refractivity contribution in [3.8, 4) is 5.75 Å². The number of carboxylic acid groups (broad SMARTS) is 1. The summed E-state index contributed by atoms with van der Waals surface area (Å²) in [5, 5.41) is 18.6. The SMILES string of the molecule is CC(CC(=O)O)C(O)c1ccccc1OC(F)F. The van der Waals surface area contributed by atoms with E-state index in [0.717, 1.165) is 0 Å². The molecule has 1 rings (SSSR count). The highest BCUT2D eigenvalue weighted by Gasteiger charge is 2.23. The van der Waals surface area contributed by atoms with Crippen molar-refractivity contribution in [3.05, 3.63) is 29.8 Å². The fourth-order valence-corrected chi connectivity index (χ4v) is 1.62. The molecule has 2 unspecified atom stereocenters. The Kier molecular flexibility index (Phi) is 5.03. The van der Waals surface area contributed by atoms with E-state index in [0.29, 0.717) is 0 Å². The van der Waals surface area contributed by atoms with E-state index >= 15 is 0 Å². The van der Waals surface area contributed by atoms with Gasteiger partial charge in [0.25, 0.3) is 0 Å². The maximum Gasteiger partial charge on any atom is 0.387 e. The Morgan fingerprint density at radius 1 is 1.39 bits per heavy atom. The first-order valence-corrected chi connectivity index (χ1v) is 5.35. The molecule has 1 aromatic carbocycles. The van der Waals surface area contributed by atoms with Crippen molar-refractivity contribution in [1.82, 2.24) is 0 Å². The summed E-state index contributed by atoms with van der Waals surface area (Å²) in [4.78, 5) is 10.5. The van der Waals surface area contributed by atoms with Crippen molar-refractivity contribution in [2.45, 2.75) is 26.1 Å². The second-order valence-corrected chi connectivity index (χ2v) is 3.94. The van der Waals surface area contributed by atoms with E-state index in [-0.39, 0.29) is 17.7 Å². The number of aliphatic hydroxyl groups excluding tert-OH is 1. The van der Waals surface area contributed by atoms with Crippen molar-refractivity contribution < 1.29 is 28.5 Å². The fraction of sp³-hybridized carbons (Fsp3) is 0.417. The molecule has 100 valence electrons. The maximum atomic E-state index is 12.2. The van der Waals surface area contributed by atoms with Gasteiger partial charge < -0.3 is 14.9 Å². The molecule has 0 aliphatic rings. The van der Waals surface area contributed by atoms with Gasteiger partial charge in [0.05, 0.1) is 12.5 Å². The average Bonchev–Trinajstić information content (AvgIpc) is 2.27. The molecule has 0 aliphatic carbocycles. The predicted octanol–water partition coefficient (Wildman–Crippen LogP) is 2.43. The monoisotopic (exact) mass is 260 g/mol. The molecule has 0 amide bonds. The summed E-state index contributed by atoms with van der Waals surface area (Å²) in [5.74, 6) is -1.81. The van der Waals surface area contributed by atoms with Gasteiger partial charge in [0, 0.05) is 5.56 Å². The van der Waals surface area contributed by atoms with Gasteiger partial charge in [-0.25, -0.2) is 0 Å². The molecule has 0 bridgehead atoms. The zero-order valence-electron chi connectivity index (χ0n) is 9.72. The van der Waals surface area contributed by atoms with E-state index in [1.165, 1.54) is 25.1 Å². The zero-order valence-corrected chi connectivity index (χ0v) is 9.72. The lowest BCUT2D eigenvalue weighted by atomic mass is 9.94. The van der Waals surface area contributed by atoms with Crippen LogP contribution in [-0.4, -0.2) is 22.8 Å². The highest BCUT2D eigenvalue weighted by atomic mass is 19.3. The predicted molar refractivity (Wildman–Crippen MR) is 59.5 cm³/mol. The summed E-state index contributed by atoms with van der Waals surface area (Å²) in [6.45, 7) is -1.47. The van der Waals surface area contributed by atoms with E-state index in [4.69, 9.17) is 5.11 Å². The number of hydrogen-bond donors (Lipinski definition) is 2. The molecule has 1 aromatic rings. The van der Waals surface area contributed by atoms with Crippen LogP contribution in [0.2, 0.25) is 0 Å². The lowest BCUT2D eigenvalue weighted by Gasteiger charge is -2.20. The van der Waals surface area contributed by atoms with Crippen molar-refractivity contribution in [2.75, 3.05) is 0 Å². The van der Waals surface area contributed by atoms with Gasteiger partial charge in [0.15, 0.2) is 0 Å². The standard InChI is InChI=1S/C12H14F2O4/c1-7(6-10(15)16)11(17)8-4-2-3-5-9(8)18-12(13)14/h2-5,7,11-12,17H,6H2,1H3,(H,15,16). The molecule has 0 radical (unpaired) electrons. The maximum absolute atomic E-state index is 12.2. The zero-order chi connectivity index (χ0) is 13.7. The Hall–Kier alpha value is -1.69. The molecule has 6 heteroatoms. The summed E-state index contributed by atoms with van der Waals surface area (Å²) >= 11 is 0. The number of ether oxygens (including phenoxy) is 1. The summed E-state index contributed by atoms with van der Waals surface area (Å²) in [7, 11) is 0. The first-order valence-electron chi connectivity index (χ1n) is 5.35. The normalized spacial score (nSPS) is 14.3. The molecule has 0 saturated heterocycles. The number of para-hydroxylation sites is 1. The van der Waals surface area contributed by atoms with Crippen LogP contribution in [0.4, 0.5) is 8.78 Å². The van der Waals surface area contributed by atoms with Crippen LogP contribution < -0.4 is 4.74 Å². The number of aliphatic carboxylic acids is 1. The Labute approximate surface area is 103 Å². The second kappa shape index (κ2) is 6.30. The molecule has 2 atom stereocenters. The van der Waals surface area contributed by atoms with Crippen molar-refractivity contribution in [2.24, 2.45) is 5.92 Å². The topological polar surface area (TPSA) is 66.8 Å². The summed E-state index contributed by atoms with van der Waals surface area (Å²) in [6.07, 6.45) is -1.43. The van der Waals surface area contributed by atoms with Gasteiger partial charge in [0.2, 0.25) is 0 Å². The number of carboxylic acids is 1. The Bertz CT molecular complexity index is 409. The summed E-state index contributed by atoms with van der Waals surface area (Å²) in [6, 6.07) is 5.79. The Morgan fingerprint density at radius 2 is 2.00 bits per heavy atom. The summed E-state index contributed by atoms with van der Waals surface area (Å²) < 4.78 is 28.6. The smallest absolute Gasteiger partial charge is 0.387 e. The van der Waals surface area contributed by atoms with E-state index in [2.05, 4.69) is 4.74 Å². The third kappa shape index (κ3) is 3.96. The van der Waals surface area contributed by atoms with Crippen LogP contribution in [0.25, 0.3) is 0 Å². The molecule has 18 heavy (non-hydrogen) atoms. The lowest BCUT2D eigenvalue weighted by Crippen LogP contribution is -2.15. The van der Waals surface area contributed by atoms with Crippen LogP contribution in [0.3, 0.4) is 0 Å². The molecule has 0 aromatic heterocycles. The minimum atomic E-state index is -2.99. The first kappa shape index (κ1) is 14.4. The van der Waals surface area contributed by atoms with Crippen LogP contribution in [0.5, 0.6) is 5.75 Å². The van der Waals surface area contributed by atoms with E-state index < -0.39 is 24.6 Å². The number of alkyl halides is 2. The van der Waals surface area contributed by atoms with Crippen molar-refractivity contribution in [3.63, 3.8) is 0 Å². The van der Waals surface area contributed by atoms with Crippen LogP contribution in [0.1, 0.15) is 25.0 Å². The third-order valence-electron chi connectivity index (χ3n) is 2.49. The fourth-order valence-electron chi connectivity index (χ4n) is 1.62. The second-order valence-electron chi connectivity index (χ2n) is 3.94. The number of halogens is 2.